The van der Waals surface area contributed by atoms with E-state index in [2.05, 4.69) is 24.0 Å². The molecule has 2 aliphatic heterocycles. The van der Waals surface area contributed by atoms with Gasteiger partial charge in [0.2, 0.25) is 12.7 Å². The van der Waals surface area contributed by atoms with Gasteiger partial charge in [0.1, 0.15) is 6.54 Å². The molecule has 132 valence electrons. The van der Waals surface area contributed by atoms with E-state index >= 15 is 0 Å². The van der Waals surface area contributed by atoms with Crippen LogP contribution in [0.2, 0.25) is 0 Å². The van der Waals surface area contributed by atoms with Gasteiger partial charge in [0.25, 0.3) is 0 Å². The van der Waals surface area contributed by atoms with Gasteiger partial charge in [-0.15, -0.1) is 0 Å². The number of rotatable bonds is 4. The standard InChI is InChI=1S/C19H23N3O3/c1-19(10-15-3-4-16-17(9-15)25-14-24-16)5-2-7-22(12-19)18(23)11-21-8-6-20-13-21/h3-4,6,8-9,13H,2,5,7,10-12,14H2,1H3/t19-/m1/s1. The van der Waals surface area contributed by atoms with Crippen molar-refractivity contribution in [1.82, 2.24) is 14.5 Å². The summed E-state index contributed by atoms with van der Waals surface area (Å²) in [4.78, 5) is 18.6. The van der Waals surface area contributed by atoms with Crippen LogP contribution in [0.15, 0.2) is 36.9 Å². The maximum Gasteiger partial charge on any atom is 0.242 e. The normalized spacial score (nSPS) is 22.2. The number of likely N-dealkylation sites (tertiary alicyclic amines) is 1. The predicted octanol–water partition coefficient (Wildman–Crippen LogP) is 2.48. The van der Waals surface area contributed by atoms with E-state index in [1.807, 2.05) is 21.7 Å². The van der Waals surface area contributed by atoms with Gasteiger partial charge in [-0.3, -0.25) is 4.79 Å². The zero-order valence-electron chi connectivity index (χ0n) is 14.5. The Balaban J connectivity index is 1.43. The van der Waals surface area contributed by atoms with E-state index in [4.69, 9.17) is 9.47 Å². The number of nitrogens with zero attached hydrogens (tertiary/aromatic N) is 3. The van der Waals surface area contributed by atoms with Gasteiger partial charge in [-0.25, -0.2) is 4.98 Å². The largest absolute Gasteiger partial charge is 0.454 e. The van der Waals surface area contributed by atoms with Crippen molar-refractivity contribution in [3.63, 3.8) is 0 Å². The minimum absolute atomic E-state index is 0.0799. The van der Waals surface area contributed by atoms with Gasteiger partial charge in [0, 0.05) is 25.5 Å². The van der Waals surface area contributed by atoms with Gasteiger partial charge in [-0.1, -0.05) is 13.0 Å². The van der Waals surface area contributed by atoms with Gasteiger partial charge in [0.15, 0.2) is 11.5 Å². The molecular weight excluding hydrogens is 318 g/mol. The topological polar surface area (TPSA) is 56.6 Å². The van der Waals surface area contributed by atoms with Crippen molar-refractivity contribution in [2.24, 2.45) is 5.41 Å². The van der Waals surface area contributed by atoms with Crippen LogP contribution in [-0.2, 0) is 17.8 Å². The summed E-state index contributed by atoms with van der Waals surface area (Å²) in [7, 11) is 0. The van der Waals surface area contributed by atoms with Crippen LogP contribution in [-0.4, -0.2) is 40.2 Å². The summed E-state index contributed by atoms with van der Waals surface area (Å²) in [6, 6.07) is 6.15. The average molecular weight is 341 g/mol. The van der Waals surface area contributed by atoms with Gasteiger partial charge in [-0.05, 0) is 42.4 Å². The molecule has 0 radical (unpaired) electrons. The number of benzene rings is 1. The predicted molar refractivity (Wildman–Crippen MR) is 92.4 cm³/mol. The van der Waals surface area contributed by atoms with Crippen LogP contribution in [0.3, 0.4) is 0 Å². The lowest BCUT2D eigenvalue weighted by Crippen LogP contribution is -2.46. The zero-order valence-corrected chi connectivity index (χ0v) is 14.5. The smallest absolute Gasteiger partial charge is 0.242 e. The van der Waals surface area contributed by atoms with Crippen molar-refractivity contribution < 1.29 is 14.3 Å². The third-order valence-corrected chi connectivity index (χ3v) is 5.08. The number of amides is 1. The highest BCUT2D eigenvalue weighted by molar-refractivity contribution is 5.76. The second kappa shape index (κ2) is 6.43. The molecule has 25 heavy (non-hydrogen) atoms. The lowest BCUT2D eigenvalue weighted by Gasteiger charge is -2.41. The van der Waals surface area contributed by atoms with Gasteiger partial charge >= 0.3 is 0 Å². The van der Waals surface area contributed by atoms with Crippen molar-refractivity contribution in [1.29, 1.82) is 0 Å². The molecule has 2 aromatic rings. The third kappa shape index (κ3) is 3.48. The molecule has 1 atom stereocenters. The van der Waals surface area contributed by atoms with Crippen molar-refractivity contribution in [2.45, 2.75) is 32.7 Å². The molecule has 0 unspecified atom stereocenters. The third-order valence-electron chi connectivity index (χ3n) is 5.08. The van der Waals surface area contributed by atoms with Crippen LogP contribution in [0, 0.1) is 5.41 Å². The minimum Gasteiger partial charge on any atom is -0.454 e. The average Bonchev–Trinajstić information content (AvgIpc) is 3.25. The van der Waals surface area contributed by atoms with Crippen molar-refractivity contribution >= 4 is 5.91 Å². The Kier molecular flexibility index (Phi) is 4.11. The molecule has 0 bridgehead atoms. The summed E-state index contributed by atoms with van der Waals surface area (Å²) < 4.78 is 12.7. The summed E-state index contributed by atoms with van der Waals surface area (Å²) in [5, 5.41) is 0. The Morgan fingerprint density at radius 1 is 1.32 bits per heavy atom. The molecule has 1 amide bonds. The van der Waals surface area contributed by atoms with Crippen molar-refractivity contribution in [2.75, 3.05) is 19.9 Å². The number of imidazole rings is 1. The molecule has 6 nitrogen and oxygen atoms in total. The number of carbonyl (C=O) groups is 1. The summed E-state index contributed by atoms with van der Waals surface area (Å²) >= 11 is 0. The molecule has 1 aromatic carbocycles. The molecule has 1 fully saturated rings. The van der Waals surface area contributed by atoms with Crippen LogP contribution in [0.4, 0.5) is 0 Å². The second-order valence-electron chi connectivity index (χ2n) is 7.33. The Morgan fingerprint density at radius 2 is 2.20 bits per heavy atom. The first kappa shape index (κ1) is 16.0. The van der Waals surface area contributed by atoms with Crippen LogP contribution >= 0.6 is 0 Å². The maximum absolute atomic E-state index is 12.6. The first-order chi connectivity index (χ1) is 12.1. The summed E-state index contributed by atoms with van der Waals surface area (Å²) in [5.41, 5.74) is 1.31. The molecule has 0 aliphatic carbocycles. The zero-order chi connectivity index (χ0) is 17.3. The van der Waals surface area contributed by atoms with E-state index in [9.17, 15) is 4.79 Å². The SMILES string of the molecule is C[C@]1(Cc2ccc3c(c2)OCO3)CCCN(C(=O)Cn2ccnc2)C1. The molecular formula is C19H23N3O3. The summed E-state index contributed by atoms with van der Waals surface area (Å²) in [5.74, 6) is 1.80. The molecule has 1 aromatic heterocycles. The molecule has 0 N–H and O–H groups in total. The van der Waals surface area contributed by atoms with Gasteiger partial charge in [0.05, 0.1) is 6.33 Å². The van der Waals surface area contributed by atoms with E-state index < -0.39 is 0 Å². The number of ether oxygens (including phenoxy) is 2. The maximum atomic E-state index is 12.6. The lowest BCUT2D eigenvalue weighted by molar-refractivity contribution is -0.135. The van der Waals surface area contributed by atoms with Crippen molar-refractivity contribution in [3.8, 4) is 11.5 Å². The Hall–Kier alpha value is -2.50. The highest BCUT2D eigenvalue weighted by Crippen LogP contribution is 2.37. The number of hydrogen-bond donors (Lipinski definition) is 0. The Labute approximate surface area is 147 Å². The minimum atomic E-state index is 0.0799. The van der Waals surface area contributed by atoms with E-state index in [0.29, 0.717) is 13.3 Å². The Bertz CT molecular complexity index is 759. The summed E-state index contributed by atoms with van der Waals surface area (Å²) in [6.07, 6.45) is 8.31. The van der Waals surface area contributed by atoms with E-state index in [0.717, 1.165) is 43.9 Å². The van der Waals surface area contributed by atoms with E-state index in [-0.39, 0.29) is 11.3 Å². The quantitative estimate of drug-likeness (QED) is 0.857. The van der Waals surface area contributed by atoms with Crippen LogP contribution < -0.4 is 9.47 Å². The number of aromatic nitrogens is 2. The number of hydrogen-bond acceptors (Lipinski definition) is 4. The van der Waals surface area contributed by atoms with E-state index in [1.54, 1.807) is 12.5 Å². The fraction of sp³-hybridized carbons (Fsp3) is 0.474. The van der Waals surface area contributed by atoms with Crippen LogP contribution in [0.5, 0.6) is 11.5 Å². The molecule has 6 heteroatoms. The fourth-order valence-corrected chi connectivity index (χ4v) is 3.85. The highest BCUT2D eigenvalue weighted by atomic mass is 16.7. The highest BCUT2D eigenvalue weighted by Gasteiger charge is 2.33. The molecule has 3 heterocycles. The van der Waals surface area contributed by atoms with Crippen molar-refractivity contribution in [3.05, 3.63) is 42.5 Å². The van der Waals surface area contributed by atoms with Gasteiger partial charge < -0.3 is 18.9 Å². The lowest BCUT2D eigenvalue weighted by atomic mass is 9.77. The molecule has 4 rings (SSSR count). The molecule has 1 saturated heterocycles. The first-order valence-electron chi connectivity index (χ1n) is 8.73. The fourth-order valence-electron chi connectivity index (χ4n) is 3.85. The molecule has 0 spiro atoms. The van der Waals surface area contributed by atoms with E-state index in [1.165, 1.54) is 5.56 Å². The number of piperidine rings is 1. The first-order valence-corrected chi connectivity index (χ1v) is 8.73. The summed E-state index contributed by atoms with van der Waals surface area (Å²) in [6.45, 7) is 4.56. The number of carbonyl (C=O) groups excluding carboxylic acids is 1. The monoisotopic (exact) mass is 341 g/mol. The molecule has 2 aliphatic rings. The van der Waals surface area contributed by atoms with Gasteiger partial charge in [-0.2, -0.15) is 0 Å². The van der Waals surface area contributed by atoms with Crippen LogP contribution in [0.1, 0.15) is 25.3 Å². The molecule has 0 saturated carbocycles. The van der Waals surface area contributed by atoms with Crippen LogP contribution in [0.25, 0.3) is 0 Å². The number of fused-ring (bicyclic) bond motifs is 1. The second-order valence-corrected chi connectivity index (χ2v) is 7.33. The Morgan fingerprint density at radius 3 is 3.04 bits per heavy atom.